The summed E-state index contributed by atoms with van der Waals surface area (Å²) in [5, 5.41) is 3.96. The average molecular weight is 265 g/mol. The van der Waals surface area contributed by atoms with Crippen molar-refractivity contribution in [2.24, 2.45) is 5.73 Å². The van der Waals surface area contributed by atoms with Crippen molar-refractivity contribution < 1.29 is 9.26 Å². The van der Waals surface area contributed by atoms with E-state index >= 15 is 0 Å². The van der Waals surface area contributed by atoms with Crippen molar-refractivity contribution in [1.82, 2.24) is 20.1 Å². The number of nitrogens with zero attached hydrogens (tertiary/aromatic N) is 3. The second-order valence-electron chi connectivity index (χ2n) is 4.63. The number of hydrogen-bond donors (Lipinski definition) is 2. The normalized spacial score (nSPS) is 16.2. The molecule has 0 fully saturated rings. The van der Waals surface area contributed by atoms with Crippen molar-refractivity contribution in [3.63, 3.8) is 0 Å². The minimum atomic E-state index is -0.546. The van der Waals surface area contributed by atoms with Gasteiger partial charge in [0.2, 0.25) is 11.7 Å². The molecule has 19 heavy (non-hydrogen) atoms. The van der Waals surface area contributed by atoms with Crippen LogP contribution < -0.4 is 5.73 Å². The highest BCUT2D eigenvalue weighted by molar-refractivity contribution is 5.05. The van der Waals surface area contributed by atoms with Crippen LogP contribution in [0, 0.1) is 0 Å². The molecular weight excluding hydrogens is 246 g/mol. The van der Waals surface area contributed by atoms with E-state index in [4.69, 9.17) is 15.0 Å². The molecule has 2 aromatic heterocycles. The number of imidazole rings is 1. The Kier molecular flexibility index (Phi) is 3.96. The van der Waals surface area contributed by atoms with Crippen LogP contribution in [0.1, 0.15) is 43.7 Å². The average Bonchev–Trinajstić information content (AvgIpc) is 3.08. The Bertz CT molecular complexity index is 504. The molecule has 7 nitrogen and oxygen atoms in total. The molecular formula is C12H19N5O2. The van der Waals surface area contributed by atoms with Gasteiger partial charge in [-0.2, -0.15) is 4.98 Å². The number of nitrogens with one attached hydrogen (secondary N) is 1. The number of methoxy groups -OCH3 is 1. The van der Waals surface area contributed by atoms with Crippen molar-refractivity contribution in [3.8, 4) is 0 Å². The maximum Gasteiger partial charge on any atom is 0.244 e. The summed E-state index contributed by atoms with van der Waals surface area (Å²) in [6.45, 7) is 3.92. The fourth-order valence-electron chi connectivity index (χ4n) is 1.71. The van der Waals surface area contributed by atoms with E-state index in [1.54, 1.807) is 19.6 Å². The summed E-state index contributed by atoms with van der Waals surface area (Å²) in [5.74, 6) is 0.925. The molecule has 2 heterocycles. The first-order valence-electron chi connectivity index (χ1n) is 6.21. The molecule has 2 atom stereocenters. The molecule has 2 aromatic rings. The first kappa shape index (κ1) is 13.7. The number of nitrogens with two attached hydrogens (primary N) is 1. The monoisotopic (exact) mass is 265 g/mol. The van der Waals surface area contributed by atoms with Crippen LogP contribution in [0.15, 0.2) is 17.0 Å². The number of ether oxygens (including phenoxy) is 1. The van der Waals surface area contributed by atoms with Crippen LogP contribution in [0.4, 0.5) is 0 Å². The summed E-state index contributed by atoms with van der Waals surface area (Å²) in [6, 6.07) is -0.361. The van der Waals surface area contributed by atoms with Gasteiger partial charge < -0.3 is 20.0 Å². The molecule has 1 unspecified atom stereocenters. The Morgan fingerprint density at radius 3 is 2.95 bits per heavy atom. The van der Waals surface area contributed by atoms with Gasteiger partial charge in [-0.1, -0.05) is 12.1 Å². The molecule has 0 saturated heterocycles. The Labute approximate surface area is 111 Å². The van der Waals surface area contributed by atoms with Crippen LogP contribution in [0.3, 0.4) is 0 Å². The van der Waals surface area contributed by atoms with Gasteiger partial charge in [0.1, 0.15) is 5.60 Å². The van der Waals surface area contributed by atoms with E-state index in [-0.39, 0.29) is 6.04 Å². The van der Waals surface area contributed by atoms with E-state index < -0.39 is 5.60 Å². The van der Waals surface area contributed by atoms with Gasteiger partial charge in [-0.25, -0.2) is 4.98 Å². The molecule has 7 heteroatoms. The second kappa shape index (κ2) is 5.50. The van der Waals surface area contributed by atoms with E-state index in [0.29, 0.717) is 18.1 Å². The summed E-state index contributed by atoms with van der Waals surface area (Å²) < 4.78 is 10.7. The van der Waals surface area contributed by atoms with E-state index in [1.165, 1.54) is 0 Å². The van der Waals surface area contributed by atoms with Crippen molar-refractivity contribution >= 4 is 0 Å². The number of H-pyrrole nitrogens is 1. The molecule has 0 spiro atoms. The van der Waals surface area contributed by atoms with Crippen LogP contribution in [0.2, 0.25) is 0 Å². The van der Waals surface area contributed by atoms with Crippen LogP contribution >= 0.6 is 0 Å². The van der Waals surface area contributed by atoms with Crippen molar-refractivity contribution in [1.29, 1.82) is 0 Å². The molecule has 0 bridgehead atoms. The second-order valence-corrected chi connectivity index (χ2v) is 4.63. The number of rotatable bonds is 6. The standard InChI is InChI=1S/C12H19N5O2/c1-4-12(2,18-3)11-16-10(19-17-11)9(13)5-8-6-14-7-15-8/h6-7,9H,4-5,13H2,1-3H3,(H,14,15)/t9-,12?/m1/s1. The first-order chi connectivity index (χ1) is 9.09. The molecule has 0 aromatic carbocycles. The van der Waals surface area contributed by atoms with Gasteiger partial charge in [0.15, 0.2) is 0 Å². The van der Waals surface area contributed by atoms with E-state index in [9.17, 15) is 0 Å². The van der Waals surface area contributed by atoms with Gasteiger partial charge in [0, 0.05) is 25.4 Å². The molecule has 0 amide bonds. The predicted molar refractivity (Wildman–Crippen MR) is 68.2 cm³/mol. The lowest BCUT2D eigenvalue weighted by molar-refractivity contribution is -0.0106. The zero-order chi connectivity index (χ0) is 13.9. The van der Waals surface area contributed by atoms with Gasteiger partial charge in [-0.3, -0.25) is 0 Å². The minimum absolute atomic E-state index is 0.361. The van der Waals surface area contributed by atoms with Gasteiger partial charge in [0.05, 0.1) is 12.4 Å². The Balaban J connectivity index is 2.12. The quantitative estimate of drug-likeness (QED) is 0.816. The lowest BCUT2D eigenvalue weighted by Gasteiger charge is -2.21. The maximum atomic E-state index is 6.04. The third kappa shape index (κ3) is 2.82. The molecule has 0 aliphatic rings. The summed E-state index contributed by atoms with van der Waals surface area (Å²) in [7, 11) is 1.63. The van der Waals surface area contributed by atoms with Gasteiger partial charge >= 0.3 is 0 Å². The first-order valence-corrected chi connectivity index (χ1v) is 6.21. The van der Waals surface area contributed by atoms with Gasteiger partial charge in [0.25, 0.3) is 0 Å². The fraction of sp³-hybridized carbons (Fsp3) is 0.583. The summed E-state index contributed by atoms with van der Waals surface area (Å²) in [5.41, 5.74) is 6.42. The van der Waals surface area contributed by atoms with E-state index in [2.05, 4.69) is 20.1 Å². The SMILES string of the molecule is CCC(C)(OC)c1noc([C@H](N)Cc2cnc[nH]2)n1. The van der Waals surface area contributed by atoms with Gasteiger partial charge in [-0.15, -0.1) is 0 Å². The molecule has 0 radical (unpaired) electrons. The van der Waals surface area contributed by atoms with E-state index in [0.717, 1.165) is 12.1 Å². The third-order valence-corrected chi connectivity index (χ3v) is 3.35. The topological polar surface area (TPSA) is 103 Å². The number of aromatic nitrogens is 4. The molecule has 0 aliphatic carbocycles. The molecule has 0 saturated carbocycles. The summed E-state index contributed by atoms with van der Waals surface area (Å²) in [6.07, 6.45) is 4.65. The highest BCUT2D eigenvalue weighted by Gasteiger charge is 2.31. The van der Waals surface area contributed by atoms with Crippen LogP contribution in [-0.2, 0) is 16.8 Å². The summed E-state index contributed by atoms with van der Waals surface area (Å²) in [4.78, 5) is 11.3. The lowest BCUT2D eigenvalue weighted by atomic mass is 10.0. The van der Waals surface area contributed by atoms with Crippen LogP contribution in [0.25, 0.3) is 0 Å². The highest BCUT2D eigenvalue weighted by atomic mass is 16.5. The minimum Gasteiger partial charge on any atom is -0.370 e. The van der Waals surface area contributed by atoms with E-state index in [1.807, 2.05) is 13.8 Å². The van der Waals surface area contributed by atoms with Crippen molar-refractivity contribution in [2.45, 2.75) is 38.3 Å². The Morgan fingerprint density at radius 1 is 1.58 bits per heavy atom. The molecule has 104 valence electrons. The molecule has 3 N–H and O–H groups in total. The highest BCUT2D eigenvalue weighted by Crippen LogP contribution is 2.26. The predicted octanol–water partition coefficient (Wildman–Crippen LogP) is 1.31. The Morgan fingerprint density at radius 2 is 2.37 bits per heavy atom. The number of hydrogen-bond acceptors (Lipinski definition) is 6. The van der Waals surface area contributed by atoms with Crippen LogP contribution in [0.5, 0.6) is 0 Å². The third-order valence-electron chi connectivity index (χ3n) is 3.35. The molecule has 2 rings (SSSR count). The van der Waals surface area contributed by atoms with Gasteiger partial charge in [-0.05, 0) is 13.3 Å². The lowest BCUT2D eigenvalue weighted by Crippen LogP contribution is -2.25. The molecule has 0 aliphatic heterocycles. The fourth-order valence-corrected chi connectivity index (χ4v) is 1.71. The zero-order valence-electron chi connectivity index (χ0n) is 11.4. The van der Waals surface area contributed by atoms with Crippen molar-refractivity contribution in [2.75, 3.05) is 7.11 Å². The van der Waals surface area contributed by atoms with Crippen LogP contribution in [-0.4, -0.2) is 27.2 Å². The van der Waals surface area contributed by atoms with Crippen molar-refractivity contribution in [3.05, 3.63) is 29.9 Å². The number of aromatic amines is 1. The Hall–Kier alpha value is -1.73. The largest absolute Gasteiger partial charge is 0.370 e. The zero-order valence-corrected chi connectivity index (χ0v) is 11.4. The smallest absolute Gasteiger partial charge is 0.244 e. The maximum absolute atomic E-state index is 6.04. The summed E-state index contributed by atoms with van der Waals surface area (Å²) >= 11 is 0.